The van der Waals surface area contributed by atoms with Crippen LogP contribution in [-0.4, -0.2) is 55.1 Å². The summed E-state index contributed by atoms with van der Waals surface area (Å²) < 4.78 is 16.4. The molecule has 0 spiro atoms. The van der Waals surface area contributed by atoms with E-state index >= 15 is 0 Å². The number of carbonyl (C=O) groups is 3. The molecule has 0 aliphatic carbocycles. The number of hydrogen-bond donors (Lipinski definition) is 1. The van der Waals surface area contributed by atoms with Crippen molar-refractivity contribution in [3.8, 4) is 11.5 Å². The summed E-state index contributed by atoms with van der Waals surface area (Å²) in [4.78, 5) is 39.0. The summed E-state index contributed by atoms with van der Waals surface area (Å²) >= 11 is 0. The summed E-state index contributed by atoms with van der Waals surface area (Å²) in [5.41, 5.74) is 1.41. The van der Waals surface area contributed by atoms with Gasteiger partial charge in [-0.25, -0.2) is 4.79 Å². The van der Waals surface area contributed by atoms with Crippen LogP contribution in [0.1, 0.15) is 41.7 Å². The van der Waals surface area contributed by atoms with E-state index in [1.54, 1.807) is 35.2 Å². The Hall–Kier alpha value is -3.55. The number of ether oxygens (including phenoxy) is 3. The van der Waals surface area contributed by atoms with Crippen molar-refractivity contribution >= 4 is 17.8 Å². The molecular weight excluding hydrogens is 412 g/mol. The van der Waals surface area contributed by atoms with Gasteiger partial charge in [-0.15, -0.1) is 0 Å². The number of rotatable bonds is 6. The number of nitrogens with one attached hydrogen (secondary N) is 1. The van der Waals surface area contributed by atoms with Gasteiger partial charge in [0.2, 0.25) is 0 Å². The predicted octanol–water partition coefficient (Wildman–Crippen LogP) is 2.48. The molecule has 8 nitrogen and oxygen atoms in total. The zero-order chi connectivity index (χ0) is 22.5. The lowest BCUT2D eigenvalue weighted by Gasteiger charge is -2.26. The van der Waals surface area contributed by atoms with Crippen LogP contribution >= 0.6 is 0 Å². The Balaban J connectivity index is 1.32. The number of amides is 2. The molecule has 0 bridgehead atoms. The number of nitrogens with zero attached hydrogens (tertiary/aromatic N) is 1. The summed E-state index contributed by atoms with van der Waals surface area (Å²) in [7, 11) is 0. The predicted molar refractivity (Wildman–Crippen MR) is 115 cm³/mol. The topological polar surface area (TPSA) is 94.2 Å². The highest BCUT2D eigenvalue weighted by molar-refractivity contribution is 5.96. The monoisotopic (exact) mass is 438 g/mol. The molecule has 2 amide bonds. The van der Waals surface area contributed by atoms with E-state index in [0.29, 0.717) is 36.8 Å². The number of likely N-dealkylation sites (tertiary alicyclic amines) is 1. The fourth-order valence-electron chi connectivity index (χ4n) is 3.95. The summed E-state index contributed by atoms with van der Waals surface area (Å²) in [6, 6.07) is 13.3. The van der Waals surface area contributed by atoms with Crippen molar-refractivity contribution < 1.29 is 28.6 Å². The Bertz CT molecular complexity index is 993. The van der Waals surface area contributed by atoms with Crippen LogP contribution in [-0.2, 0) is 14.3 Å². The third-order valence-electron chi connectivity index (χ3n) is 5.60. The molecule has 1 N–H and O–H groups in total. The van der Waals surface area contributed by atoms with Crippen LogP contribution in [0.5, 0.6) is 11.5 Å². The Morgan fingerprint density at radius 1 is 1.09 bits per heavy atom. The fraction of sp³-hybridized carbons (Fsp3) is 0.375. The van der Waals surface area contributed by atoms with Crippen LogP contribution in [0.15, 0.2) is 48.5 Å². The van der Waals surface area contributed by atoms with E-state index in [0.717, 1.165) is 18.4 Å². The summed E-state index contributed by atoms with van der Waals surface area (Å²) in [5.74, 6) is 0.0911. The Labute approximate surface area is 186 Å². The molecule has 1 unspecified atom stereocenters. The van der Waals surface area contributed by atoms with Crippen LogP contribution in [0, 0.1) is 0 Å². The van der Waals surface area contributed by atoms with Gasteiger partial charge in [-0.1, -0.05) is 24.3 Å². The largest absolute Gasteiger partial charge is 0.486 e. The van der Waals surface area contributed by atoms with E-state index in [-0.39, 0.29) is 24.5 Å². The minimum Gasteiger partial charge on any atom is -0.486 e. The maximum atomic E-state index is 12.8. The number of fused-ring (bicyclic) bond motifs is 1. The first-order chi connectivity index (χ1) is 15.5. The molecule has 2 aliphatic heterocycles. The second-order valence-corrected chi connectivity index (χ2v) is 7.82. The van der Waals surface area contributed by atoms with Crippen molar-refractivity contribution in [2.24, 2.45) is 0 Å². The van der Waals surface area contributed by atoms with Gasteiger partial charge < -0.3 is 24.4 Å². The molecule has 0 aromatic heterocycles. The molecule has 1 fully saturated rings. The maximum Gasteiger partial charge on any atom is 0.328 e. The number of hydrogen-bond acceptors (Lipinski definition) is 6. The van der Waals surface area contributed by atoms with Crippen LogP contribution in [0.3, 0.4) is 0 Å². The van der Waals surface area contributed by atoms with Crippen molar-refractivity contribution in [1.29, 1.82) is 0 Å². The molecule has 2 aromatic carbocycles. The third kappa shape index (κ3) is 4.85. The van der Waals surface area contributed by atoms with Gasteiger partial charge in [-0.05, 0) is 49.6 Å². The quantitative estimate of drug-likeness (QED) is 0.697. The molecule has 4 rings (SSSR count). The van der Waals surface area contributed by atoms with Gasteiger partial charge in [0.15, 0.2) is 18.1 Å². The summed E-state index contributed by atoms with van der Waals surface area (Å²) in [6.45, 7) is 2.78. The van der Waals surface area contributed by atoms with Crippen LogP contribution in [0.4, 0.5) is 0 Å². The average molecular weight is 438 g/mol. The Morgan fingerprint density at radius 3 is 2.62 bits per heavy atom. The van der Waals surface area contributed by atoms with E-state index < -0.39 is 12.0 Å². The first-order valence-corrected chi connectivity index (χ1v) is 10.7. The molecule has 168 valence electrons. The first-order valence-electron chi connectivity index (χ1n) is 10.7. The van der Waals surface area contributed by atoms with E-state index in [1.165, 1.54) is 6.92 Å². The van der Waals surface area contributed by atoms with Crippen LogP contribution in [0.25, 0.3) is 0 Å². The summed E-state index contributed by atoms with van der Waals surface area (Å²) in [5, 5.41) is 2.59. The van der Waals surface area contributed by atoms with Gasteiger partial charge >= 0.3 is 5.97 Å². The standard InChI is InChI=1S/C24H26N2O6/c1-16(25-23(28)17-6-3-2-4-7-17)24(29)32-15-22(27)26-11-5-8-19(26)18-9-10-20-21(14-18)31-13-12-30-20/h2-4,6-7,9-10,14,16,19H,5,8,11-13,15H2,1H3,(H,25,28)/t16-,19?/m0/s1. The normalized spacial score (nSPS) is 18.0. The smallest absolute Gasteiger partial charge is 0.328 e. The second-order valence-electron chi connectivity index (χ2n) is 7.82. The number of carbonyl (C=O) groups excluding carboxylic acids is 3. The van der Waals surface area contributed by atoms with E-state index in [4.69, 9.17) is 14.2 Å². The highest BCUT2D eigenvalue weighted by Gasteiger charge is 2.31. The lowest BCUT2D eigenvalue weighted by atomic mass is 10.0. The second kappa shape index (κ2) is 9.72. The van der Waals surface area contributed by atoms with Gasteiger partial charge in [0.1, 0.15) is 19.3 Å². The number of esters is 1. The van der Waals surface area contributed by atoms with Crippen molar-refractivity contribution in [3.05, 3.63) is 59.7 Å². The van der Waals surface area contributed by atoms with Gasteiger partial charge in [0.25, 0.3) is 11.8 Å². The van der Waals surface area contributed by atoms with Crippen molar-refractivity contribution in [2.45, 2.75) is 31.8 Å². The van der Waals surface area contributed by atoms with Gasteiger partial charge in [0.05, 0.1) is 6.04 Å². The molecule has 2 aromatic rings. The van der Waals surface area contributed by atoms with Crippen molar-refractivity contribution in [2.75, 3.05) is 26.4 Å². The molecule has 2 heterocycles. The molecule has 32 heavy (non-hydrogen) atoms. The van der Waals surface area contributed by atoms with E-state index in [1.807, 2.05) is 18.2 Å². The van der Waals surface area contributed by atoms with Gasteiger partial charge in [-0.2, -0.15) is 0 Å². The number of benzene rings is 2. The molecule has 2 aliphatic rings. The lowest BCUT2D eigenvalue weighted by Crippen LogP contribution is -2.41. The molecular formula is C24H26N2O6. The van der Waals surface area contributed by atoms with E-state index in [2.05, 4.69) is 5.32 Å². The highest BCUT2D eigenvalue weighted by atomic mass is 16.6. The molecule has 0 radical (unpaired) electrons. The molecule has 0 saturated carbocycles. The maximum absolute atomic E-state index is 12.8. The summed E-state index contributed by atoms with van der Waals surface area (Å²) in [6.07, 6.45) is 1.69. The third-order valence-corrected chi connectivity index (χ3v) is 5.60. The fourth-order valence-corrected chi connectivity index (χ4v) is 3.95. The zero-order valence-corrected chi connectivity index (χ0v) is 17.9. The Morgan fingerprint density at radius 2 is 1.84 bits per heavy atom. The zero-order valence-electron chi connectivity index (χ0n) is 17.9. The highest BCUT2D eigenvalue weighted by Crippen LogP contribution is 2.38. The molecule has 1 saturated heterocycles. The Kier molecular flexibility index (Phi) is 6.58. The van der Waals surface area contributed by atoms with Crippen molar-refractivity contribution in [1.82, 2.24) is 10.2 Å². The van der Waals surface area contributed by atoms with Gasteiger partial charge in [0, 0.05) is 12.1 Å². The minimum absolute atomic E-state index is 0.104. The van der Waals surface area contributed by atoms with Crippen LogP contribution < -0.4 is 14.8 Å². The molecule has 2 atom stereocenters. The SMILES string of the molecule is C[C@H](NC(=O)c1ccccc1)C(=O)OCC(=O)N1CCCC1c1ccc2c(c1)OCCO2. The molecule has 8 heteroatoms. The minimum atomic E-state index is -0.873. The van der Waals surface area contributed by atoms with Gasteiger partial charge in [-0.3, -0.25) is 9.59 Å². The van der Waals surface area contributed by atoms with E-state index in [9.17, 15) is 14.4 Å². The first kappa shape index (κ1) is 21.7. The van der Waals surface area contributed by atoms with Crippen LogP contribution in [0.2, 0.25) is 0 Å². The lowest BCUT2D eigenvalue weighted by molar-refractivity contribution is -0.153. The van der Waals surface area contributed by atoms with Crippen molar-refractivity contribution in [3.63, 3.8) is 0 Å². The average Bonchev–Trinajstić information content (AvgIpc) is 3.32.